The Bertz CT molecular complexity index is 1400. The van der Waals surface area contributed by atoms with Gasteiger partial charge in [0.15, 0.2) is 0 Å². The van der Waals surface area contributed by atoms with Crippen molar-refractivity contribution in [1.82, 2.24) is 0 Å². The summed E-state index contributed by atoms with van der Waals surface area (Å²) in [5.74, 6) is 0. The van der Waals surface area contributed by atoms with Crippen LogP contribution in [0.5, 0.6) is 0 Å². The first-order valence-corrected chi connectivity index (χ1v) is 19.3. The normalized spacial score (nSPS) is 10.1. The monoisotopic (exact) mass is 570 g/mol. The van der Waals surface area contributed by atoms with Crippen molar-refractivity contribution in [3.63, 3.8) is 0 Å². The Morgan fingerprint density at radius 3 is 1.31 bits per heavy atom. The van der Waals surface area contributed by atoms with Gasteiger partial charge in [-0.05, 0) is 11.1 Å². The van der Waals surface area contributed by atoms with Gasteiger partial charge in [-0.3, -0.25) is 0 Å². The van der Waals surface area contributed by atoms with Crippen molar-refractivity contribution in [3.8, 4) is 22.3 Å². The minimum Gasteiger partial charge on any atom is -0.168 e. The van der Waals surface area contributed by atoms with E-state index >= 15 is 0 Å². The number of fused-ring (bicyclic) bond motifs is 2. The Morgan fingerprint density at radius 2 is 0.943 bits per heavy atom. The van der Waals surface area contributed by atoms with E-state index in [1.165, 1.54) is 43.8 Å². The van der Waals surface area contributed by atoms with E-state index in [9.17, 15) is 0 Å². The summed E-state index contributed by atoms with van der Waals surface area (Å²) in [5, 5.41) is 5.31. The molecule has 0 saturated heterocycles. The maximum absolute atomic E-state index is 5.37. The van der Waals surface area contributed by atoms with E-state index in [0.717, 1.165) is 0 Å². The molecule has 3 heteroatoms. The molecular weight excluding hydrogens is 546 g/mol. The van der Waals surface area contributed by atoms with Gasteiger partial charge in [-0.2, -0.15) is 24.3 Å². The van der Waals surface area contributed by atoms with Crippen LogP contribution < -0.4 is 0 Å². The fourth-order valence-corrected chi connectivity index (χ4v) is 4.06. The zero-order chi connectivity index (χ0) is 24.5. The summed E-state index contributed by atoms with van der Waals surface area (Å²) in [6, 6.07) is 46.8. The van der Waals surface area contributed by atoms with E-state index < -0.39 is 18.9 Å². The maximum atomic E-state index is 5.37. The third-order valence-corrected chi connectivity index (χ3v) is 9.40. The van der Waals surface area contributed by atoms with E-state index in [1.54, 1.807) is 0 Å². The Hall–Kier alpha value is -2.57. The van der Waals surface area contributed by atoms with E-state index in [1.807, 2.05) is 10.6 Å². The van der Waals surface area contributed by atoms with Crippen LogP contribution in [-0.2, 0) is 18.9 Å². The molecule has 6 aromatic carbocycles. The second kappa shape index (κ2) is 12.9. The third-order valence-electron chi connectivity index (χ3n) is 5.74. The van der Waals surface area contributed by atoms with E-state index in [-0.39, 0.29) is 0 Å². The zero-order valence-electron chi connectivity index (χ0n) is 19.5. The molecule has 6 rings (SSSR count). The standard InChI is InChI=1S/2C15H11.C2H4.2ClH.Zr/c2*1-2-6-12(7-3-1)14-10-4-8-13-9-5-11-15(13)14;1-2;;;/h2*1-11H;1H,2H3;2*1H;/q2*-1;;;;+2/p-2. The van der Waals surface area contributed by atoms with Crippen LogP contribution in [0.2, 0.25) is 0 Å². The first kappa shape index (κ1) is 25.5. The summed E-state index contributed by atoms with van der Waals surface area (Å²) in [6.07, 6.45) is 0. The topological polar surface area (TPSA) is 0 Å². The molecule has 0 nitrogen and oxygen atoms in total. The van der Waals surface area contributed by atoms with Gasteiger partial charge in [-0.1, -0.05) is 83.9 Å². The fourth-order valence-electron chi connectivity index (χ4n) is 4.06. The molecule has 0 aliphatic carbocycles. The number of benzene rings is 4. The molecule has 174 valence electrons. The van der Waals surface area contributed by atoms with Crippen molar-refractivity contribution in [2.45, 2.75) is 6.92 Å². The molecule has 0 unspecified atom stereocenters. The average Bonchev–Trinajstić information content (AvgIpc) is 3.60. The van der Waals surface area contributed by atoms with Gasteiger partial charge in [0.2, 0.25) is 0 Å². The summed E-state index contributed by atoms with van der Waals surface area (Å²) < 4.78 is 1.89. The molecular formula is C32H26Cl2Zr-2. The van der Waals surface area contributed by atoms with Gasteiger partial charge in [-0.15, -0.1) is 57.9 Å². The van der Waals surface area contributed by atoms with Crippen molar-refractivity contribution >= 4 is 42.3 Å². The minimum atomic E-state index is -1.76. The van der Waals surface area contributed by atoms with Gasteiger partial charge < -0.3 is 0 Å². The van der Waals surface area contributed by atoms with Crippen LogP contribution in [0.25, 0.3) is 43.8 Å². The average molecular weight is 573 g/mol. The second-order valence-corrected chi connectivity index (χ2v) is 16.8. The molecule has 0 fully saturated rings. The molecule has 0 aliphatic rings. The third kappa shape index (κ3) is 6.77. The zero-order valence-corrected chi connectivity index (χ0v) is 23.5. The van der Waals surface area contributed by atoms with Crippen molar-refractivity contribution in [2.75, 3.05) is 0 Å². The van der Waals surface area contributed by atoms with Crippen LogP contribution in [0.4, 0.5) is 0 Å². The van der Waals surface area contributed by atoms with Crippen LogP contribution >= 0.6 is 17.0 Å². The first-order chi connectivity index (χ1) is 17.2. The number of halogens is 2. The van der Waals surface area contributed by atoms with Crippen LogP contribution in [0, 0.1) is 0 Å². The smallest absolute Gasteiger partial charge is 0.0279 e. The van der Waals surface area contributed by atoms with Crippen molar-refractivity contribution in [1.29, 1.82) is 0 Å². The maximum Gasteiger partial charge on any atom is -0.0279 e. The molecule has 0 amide bonds. The molecule has 0 aromatic heterocycles. The fraction of sp³-hybridized carbons (Fsp3) is 0.0312. The molecule has 0 heterocycles. The summed E-state index contributed by atoms with van der Waals surface area (Å²) in [7, 11) is 10.7. The van der Waals surface area contributed by atoms with Crippen molar-refractivity contribution in [2.24, 2.45) is 0 Å². The molecule has 0 atom stereocenters. The van der Waals surface area contributed by atoms with Crippen molar-refractivity contribution in [3.05, 3.63) is 133 Å². The second-order valence-electron chi connectivity index (χ2n) is 7.98. The van der Waals surface area contributed by atoms with Gasteiger partial charge in [0.05, 0.1) is 0 Å². The summed E-state index contributed by atoms with van der Waals surface area (Å²) in [6.45, 7) is 1.90. The first-order valence-electron chi connectivity index (χ1n) is 11.5. The Kier molecular flexibility index (Phi) is 9.44. The molecule has 0 radical (unpaired) electrons. The SMILES string of the molecule is C[CH]=[Zr]([Cl])[Cl].c1ccc(-c2cccc3[cH-]ccc23)cc1.c1ccc(-c2cccc3[cH-]ccc23)cc1. The van der Waals surface area contributed by atoms with E-state index in [2.05, 4.69) is 133 Å². The molecule has 0 saturated carbocycles. The van der Waals surface area contributed by atoms with Gasteiger partial charge in [0, 0.05) is 0 Å². The predicted octanol–water partition coefficient (Wildman–Crippen LogP) is 10.2. The molecule has 35 heavy (non-hydrogen) atoms. The Labute approximate surface area is 222 Å². The number of rotatable bonds is 2. The summed E-state index contributed by atoms with van der Waals surface area (Å²) >= 11 is -1.76. The quantitative estimate of drug-likeness (QED) is 0.181. The van der Waals surface area contributed by atoms with Gasteiger partial charge in [0.1, 0.15) is 0 Å². The largest absolute Gasteiger partial charge is 0.168 e. The van der Waals surface area contributed by atoms with E-state index in [0.29, 0.717) is 0 Å². The van der Waals surface area contributed by atoms with Gasteiger partial charge >= 0.3 is 46.5 Å². The molecule has 0 bridgehead atoms. The number of hydrogen-bond donors (Lipinski definition) is 0. The Morgan fingerprint density at radius 1 is 0.543 bits per heavy atom. The van der Waals surface area contributed by atoms with Gasteiger partial charge in [-0.25, -0.2) is 0 Å². The number of hydrogen-bond acceptors (Lipinski definition) is 0. The van der Waals surface area contributed by atoms with Crippen molar-refractivity contribution < 1.29 is 18.9 Å². The van der Waals surface area contributed by atoms with Crippen LogP contribution in [0.3, 0.4) is 0 Å². The molecule has 0 spiro atoms. The minimum absolute atomic E-state index is 1.29. The van der Waals surface area contributed by atoms with Crippen LogP contribution in [-0.4, -0.2) is 3.71 Å². The van der Waals surface area contributed by atoms with Gasteiger partial charge in [0.25, 0.3) is 0 Å². The molecule has 0 aliphatic heterocycles. The molecule has 0 N–H and O–H groups in total. The summed E-state index contributed by atoms with van der Waals surface area (Å²) in [4.78, 5) is 0. The van der Waals surface area contributed by atoms with Crippen LogP contribution in [0.15, 0.2) is 133 Å². The Balaban J connectivity index is 0.000000139. The van der Waals surface area contributed by atoms with E-state index in [4.69, 9.17) is 17.0 Å². The summed E-state index contributed by atoms with van der Waals surface area (Å²) in [5.41, 5.74) is 5.21. The van der Waals surface area contributed by atoms with Crippen LogP contribution in [0.1, 0.15) is 6.92 Å². The predicted molar refractivity (Wildman–Crippen MR) is 153 cm³/mol. The molecule has 6 aromatic rings.